The van der Waals surface area contributed by atoms with E-state index in [0.29, 0.717) is 11.3 Å². The van der Waals surface area contributed by atoms with Gasteiger partial charge in [-0.2, -0.15) is 8.42 Å². The van der Waals surface area contributed by atoms with E-state index in [1.165, 1.54) is 18.2 Å². The summed E-state index contributed by atoms with van der Waals surface area (Å²) in [7, 11) is -4.50. The molecule has 0 radical (unpaired) electrons. The Morgan fingerprint density at radius 3 is 2.43 bits per heavy atom. The average molecular weight is 325 g/mol. The third-order valence-corrected chi connectivity index (χ3v) is 4.40. The molecule has 2 aromatic rings. The maximum atomic E-state index is 11.8. The number of fused-ring (bicyclic) bond motifs is 2. The van der Waals surface area contributed by atoms with Gasteiger partial charge in [-0.05, 0) is 29.8 Å². The number of halogens is 1. The molecule has 0 saturated carbocycles. The van der Waals surface area contributed by atoms with Crippen LogP contribution in [-0.4, -0.2) is 18.2 Å². The number of benzene rings is 2. The minimum Gasteiger partial charge on any atom is -0.457 e. The molecule has 1 atom stereocenters. The predicted molar refractivity (Wildman–Crippen MR) is 75.5 cm³/mol. The van der Waals surface area contributed by atoms with Crippen LogP contribution in [0, 0.1) is 0 Å². The molecule has 1 aliphatic heterocycles. The Hall–Kier alpha value is -1.89. The molecule has 0 aliphatic carbocycles. The highest BCUT2D eigenvalue weighted by molar-refractivity contribution is 7.85. The van der Waals surface area contributed by atoms with Gasteiger partial charge >= 0.3 is 0 Å². The van der Waals surface area contributed by atoms with E-state index in [-0.39, 0.29) is 16.2 Å². The molecule has 0 amide bonds. The zero-order valence-corrected chi connectivity index (χ0v) is 12.1. The molecule has 0 spiro atoms. The van der Waals surface area contributed by atoms with Gasteiger partial charge in [-0.15, -0.1) is 0 Å². The van der Waals surface area contributed by atoms with Gasteiger partial charge in [0.1, 0.15) is 16.4 Å². The number of hydrogen-bond donors (Lipinski definition) is 1. The summed E-state index contributed by atoms with van der Waals surface area (Å²) >= 11 is 5.66. The van der Waals surface area contributed by atoms with Crippen molar-refractivity contribution >= 4 is 27.0 Å². The van der Waals surface area contributed by atoms with Gasteiger partial charge in [-0.1, -0.05) is 24.3 Å². The molecule has 1 unspecified atom stereocenters. The van der Waals surface area contributed by atoms with Crippen LogP contribution in [-0.2, 0) is 14.9 Å². The Kier molecular flexibility index (Phi) is 3.24. The average Bonchev–Trinajstić information content (AvgIpc) is 2.42. The molecular weight excluding hydrogens is 316 g/mol. The van der Waals surface area contributed by atoms with Crippen molar-refractivity contribution in [2.45, 2.75) is 10.8 Å². The van der Waals surface area contributed by atoms with E-state index in [1.807, 2.05) is 0 Å². The highest BCUT2D eigenvalue weighted by Crippen LogP contribution is 2.47. The lowest BCUT2D eigenvalue weighted by Gasteiger charge is -2.27. The van der Waals surface area contributed by atoms with Crippen LogP contribution in [0.1, 0.15) is 17.0 Å². The first-order chi connectivity index (χ1) is 9.89. The van der Waals surface area contributed by atoms with E-state index < -0.39 is 21.3 Å². The second-order valence-corrected chi connectivity index (χ2v) is 6.28. The summed E-state index contributed by atoms with van der Waals surface area (Å²) in [6.45, 7) is 0. The largest absolute Gasteiger partial charge is 0.457 e. The van der Waals surface area contributed by atoms with E-state index in [1.54, 1.807) is 24.3 Å². The van der Waals surface area contributed by atoms with Crippen molar-refractivity contribution in [1.82, 2.24) is 0 Å². The van der Waals surface area contributed by atoms with E-state index in [2.05, 4.69) is 0 Å². The highest BCUT2D eigenvalue weighted by Gasteiger charge is 2.36. The number of rotatable bonds is 2. The molecule has 1 N–H and O–H groups in total. The van der Waals surface area contributed by atoms with Gasteiger partial charge in [0.05, 0.1) is 5.92 Å². The smallest absolute Gasteiger partial charge is 0.294 e. The summed E-state index contributed by atoms with van der Waals surface area (Å²) < 4.78 is 38.0. The molecule has 0 bridgehead atoms. The van der Waals surface area contributed by atoms with Gasteiger partial charge in [-0.25, -0.2) is 0 Å². The molecule has 21 heavy (non-hydrogen) atoms. The van der Waals surface area contributed by atoms with Crippen molar-refractivity contribution in [3.63, 3.8) is 0 Å². The summed E-state index contributed by atoms with van der Waals surface area (Å²) in [5.41, 5.74) is 0.514. The summed E-state index contributed by atoms with van der Waals surface area (Å²) in [5, 5.41) is -0.747. The van der Waals surface area contributed by atoms with Crippen molar-refractivity contribution < 1.29 is 22.5 Å². The lowest BCUT2D eigenvalue weighted by Crippen LogP contribution is -2.18. The fourth-order valence-corrected chi connectivity index (χ4v) is 3.42. The maximum absolute atomic E-state index is 11.8. The van der Waals surface area contributed by atoms with E-state index in [0.717, 1.165) is 0 Å². The number of para-hydroxylation sites is 1. The van der Waals surface area contributed by atoms with Crippen LogP contribution in [0.15, 0.2) is 47.4 Å². The van der Waals surface area contributed by atoms with Crippen molar-refractivity contribution in [3.05, 3.63) is 53.6 Å². The molecule has 108 valence electrons. The van der Waals surface area contributed by atoms with Crippen molar-refractivity contribution in [2.75, 3.05) is 0 Å². The van der Waals surface area contributed by atoms with Crippen molar-refractivity contribution in [1.29, 1.82) is 0 Å². The van der Waals surface area contributed by atoms with Crippen LogP contribution >= 0.6 is 11.6 Å². The van der Waals surface area contributed by atoms with Gasteiger partial charge in [0.25, 0.3) is 10.1 Å². The van der Waals surface area contributed by atoms with E-state index in [9.17, 15) is 17.8 Å². The zero-order chi connectivity index (χ0) is 15.2. The first-order valence-corrected chi connectivity index (χ1v) is 7.78. The van der Waals surface area contributed by atoms with Crippen LogP contribution < -0.4 is 4.74 Å². The number of carbonyl (C=O) groups is 1. The monoisotopic (exact) mass is 324 g/mol. The molecule has 0 aromatic heterocycles. The molecule has 3 rings (SSSR count). The van der Waals surface area contributed by atoms with Gasteiger partial charge in [0, 0.05) is 11.1 Å². The van der Waals surface area contributed by atoms with Crippen LogP contribution in [0.3, 0.4) is 0 Å². The molecular formula is C14H9ClO5S. The SMILES string of the molecule is O=C(Cl)C1c2ccccc2Oc2cccc(S(=O)(=O)O)c21. The van der Waals surface area contributed by atoms with E-state index in [4.69, 9.17) is 16.3 Å². The lowest BCUT2D eigenvalue weighted by molar-refractivity contribution is -0.112. The summed E-state index contributed by atoms with van der Waals surface area (Å²) in [6, 6.07) is 10.9. The standard InChI is InChI=1S/C14H9ClO5S/c15-14(16)12-8-4-1-2-5-9(8)20-10-6-3-7-11(13(10)12)21(17,18)19/h1-7,12H,(H,17,18,19). The maximum Gasteiger partial charge on any atom is 0.294 e. The Balaban J connectivity index is 2.35. The normalized spacial score (nSPS) is 16.6. The van der Waals surface area contributed by atoms with Gasteiger partial charge in [0.2, 0.25) is 5.24 Å². The second kappa shape index (κ2) is 4.84. The molecule has 2 aromatic carbocycles. The predicted octanol–water partition coefficient (Wildman–Crippen LogP) is 2.94. The highest BCUT2D eigenvalue weighted by atomic mass is 35.5. The van der Waals surface area contributed by atoms with Crippen LogP contribution in [0.25, 0.3) is 0 Å². The molecule has 5 nitrogen and oxygen atoms in total. The van der Waals surface area contributed by atoms with Gasteiger partial charge < -0.3 is 4.74 Å². The Labute approximate surface area is 125 Å². The number of ether oxygens (including phenoxy) is 1. The Morgan fingerprint density at radius 2 is 1.76 bits per heavy atom. The van der Waals surface area contributed by atoms with Crippen molar-refractivity contribution in [2.24, 2.45) is 0 Å². The van der Waals surface area contributed by atoms with Crippen LogP contribution in [0.5, 0.6) is 11.5 Å². The molecule has 7 heteroatoms. The minimum absolute atomic E-state index is 0.0544. The molecule has 1 aliphatic rings. The molecule has 0 saturated heterocycles. The Bertz CT molecular complexity index is 844. The first-order valence-electron chi connectivity index (χ1n) is 5.96. The minimum atomic E-state index is -4.50. The first kappa shape index (κ1) is 14.1. The zero-order valence-electron chi connectivity index (χ0n) is 10.5. The summed E-state index contributed by atoms with van der Waals surface area (Å²) in [5.74, 6) is -0.399. The van der Waals surface area contributed by atoms with E-state index >= 15 is 0 Å². The van der Waals surface area contributed by atoms with Crippen LogP contribution in [0.4, 0.5) is 0 Å². The molecule has 1 heterocycles. The van der Waals surface area contributed by atoms with Crippen LogP contribution in [0.2, 0.25) is 0 Å². The fourth-order valence-electron chi connectivity index (χ4n) is 2.44. The van der Waals surface area contributed by atoms with Gasteiger partial charge in [-0.3, -0.25) is 9.35 Å². The topological polar surface area (TPSA) is 80.7 Å². The van der Waals surface area contributed by atoms with Crippen molar-refractivity contribution in [3.8, 4) is 11.5 Å². The lowest BCUT2D eigenvalue weighted by atomic mass is 9.89. The third-order valence-electron chi connectivity index (χ3n) is 3.27. The fraction of sp³-hybridized carbons (Fsp3) is 0.0714. The molecule has 0 fully saturated rings. The Morgan fingerprint density at radius 1 is 1.10 bits per heavy atom. The summed E-state index contributed by atoms with van der Waals surface area (Å²) in [6.07, 6.45) is 0. The quantitative estimate of drug-likeness (QED) is 0.678. The summed E-state index contributed by atoms with van der Waals surface area (Å²) in [4.78, 5) is 11.5. The number of hydrogen-bond acceptors (Lipinski definition) is 4. The third kappa shape index (κ3) is 2.31. The second-order valence-electron chi connectivity index (χ2n) is 4.52. The van der Waals surface area contributed by atoms with Gasteiger partial charge in [0.15, 0.2) is 0 Å². The number of carbonyl (C=O) groups excluding carboxylic acids is 1.